The number of benzene rings is 1. The lowest BCUT2D eigenvalue weighted by molar-refractivity contribution is 0.297. The molecule has 1 aromatic carbocycles. The Bertz CT molecular complexity index is 641. The van der Waals surface area contributed by atoms with E-state index in [0.717, 1.165) is 11.3 Å². The Balaban J connectivity index is 2.42. The monoisotopic (exact) mass is 316 g/mol. The van der Waals surface area contributed by atoms with Crippen LogP contribution in [0.2, 0.25) is 10.0 Å². The van der Waals surface area contributed by atoms with Gasteiger partial charge in [-0.25, -0.2) is 4.68 Å². The summed E-state index contributed by atoms with van der Waals surface area (Å²) in [6, 6.07) is 2.75. The SMILES string of the molecule is Cc1nn(C)c(Oc2cc(O)c(Cl)cc2Cl)c1CCO. The molecule has 2 rings (SSSR count). The summed E-state index contributed by atoms with van der Waals surface area (Å²) < 4.78 is 7.28. The largest absolute Gasteiger partial charge is 0.506 e. The van der Waals surface area contributed by atoms with Crippen LogP contribution in [-0.2, 0) is 13.5 Å². The lowest BCUT2D eigenvalue weighted by Crippen LogP contribution is -1.99. The van der Waals surface area contributed by atoms with Gasteiger partial charge in [-0.05, 0) is 13.0 Å². The van der Waals surface area contributed by atoms with E-state index in [1.165, 1.54) is 12.1 Å². The highest BCUT2D eigenvalue weighted by atomic mass is 35.5. The van der Waals surface area contributed by atoms with Gasteiger partial charge in [-0.3, -0.25) is 0 Å². The molecular weight excluding hydrogens is 303 g/mol. The molecule has 7 heteroatoms. The zero-order chi connectivity index (χ0) is 14.9. The first-order valence-corrected chi connectivity index (χ1v) is 6.68. The van der Waals surface area contributed by atoms with E-state index in [1.807, 2.05) is 6.92 Å². The van der Waals surface area contributed by atoms with Crippen LogP contribution >= 0.6 is 23.2 Å². The number of ether oxygens (including phenoxy) is 1. The number of phenols is 1. The minimum atomic E-state index is -0.117. The maximum absolute atomic E-state index is 9.62. The topological polar surface area (TPSA) is 67.5 Å². The van der Waals surface area contributed by atoms with Crippen LogP contribution in [-0.4, -0.2) is 26.6 Å². The van der Waals surface area contributed by atoms with Crippen molar-refractivity contribution < 1.29 is 14.9 Å². The molecule has 0 atom stereocenters. The normalized spacial score (nSPS) is 10.8. The molecule has 0 fully saturated rings. The van der Waals surface area contributed by atoms with E-state index >= 15 is 0 Å². The lowest BCUT2D eigenvalue weighted by atomic mass is 10.2. The van der Waals surface area contributed by atoms with E-state index < -0.39 is 0 Å². The van der Waals surface area contributed by atoms with Crippen molar-refractivity contribution in [3.05, 3.63) is 33.4 Å². The van der Waals surface area contributed by atoms with Crippen molar-refractivity contribution in [3.8, 4) is 17.4 Å². The molecule has 1 heterocycles. The van der Waals surface area contributed by atoms with Crippen molar-refractivity contribution in [2.45, 2.75) is 13.3 Å². The van der Waals surface area contributed by atoms with E-state index in [-0.39, 0.29) is 28.2 Å². The molecule has 0 bridgehead atoms. The summed E-state index contributed by atoms with van der Waals surface area (Å²) in [5.74, 6) is 0.629. The molecular formula is C13H14Cl2N2O3. The van der Waals surface area contributed by atoms with Crippen molar-refractivity contribution in [1.29, 1.82) is 0 Å². The number of hydrogen-bond acceptors (Lipinski definition) is 4. The maximum atomic E-state index is 9.62. The molecule has 0 amide bonds. The van der Waals surface area contributed by atoms with E-state index in [9.17, 15) is 5.11 Å². The fourth-order valence-corrected chi connectivity index (χ4v) is 2.33. The quantitative estimate of drug-likeness (QED) is 0.909. The Kier molecular flexibility index (Phi) is 4.42. The molecule has 0 radical (unpaired) electrons. The number of hydrogen-bond donors (Lipinski definition) is 2. The average Bonchev–Trinajstić information content (AvgIpc) is 2.63. The lowest BCUT2D eigenvalue weighted by Gasteiger charge is -2.10. The third-order valence-electron chi connectivity index (χ3n) is 2.86. The van der Waals surface area contributed by atoms with Crippen molar-refractivity contribution in [3.63, 3.8) is 0 Å². The van der Waals surface area contributed by atoms with Gasteiger partial charge in [0, 0.05) is 31.7 Å². The average molecular weight is 317 g/mol. The molecule has 2 aromatic rings. The van der Waals surface area contributed by atoms with Crippen molar-refractivity contribution in [1.82, 2.24) is 9.78 Å². The fourth-order valence-electron chi connectivity index (χ4n) is 1.91. The van der Waals surface area contributed by atoms with E-state index in [4.69, 9.17) is 33.0 Å². The molecule has 2 N–H and O–H groups in total. The Labute approximate surface area is 126 Å². The number of aromatic nitrogens is 2. The van der Waals surface area contributed by atoms with Crippen LogP contribution in [0.15, 0.2) is 12.1 Å². The predicted octanol–water partition coefficient (Wildman–Crippen LogP) is 3.07. The third-order valence-corrected chi connectivity index (χ3v) is 3.46. The molecule has 1 aromatic heterocycles. The van der Waals surface area contributed by atoms with Gasteiger partial charge in [0.15, 0.2) is 5.75 Å². The van der Waals surface area contributed by atoms with E-state index in [2.05, 4.69) is 5.10 Å². The Morgan fingerprint density at radius 3 is 2.65 bits per heavy atom. The Morgan fingerprint density at radius 1 is 1.30 bits per heavy atom. The molecule has 20 heavy (non-hydrogen) atoms. The van der Waals surface area contributed by atoms with Gasteiger partial charge in [0.05, 0.1) is 15.7 Å². The number of aliphatic hydroxyl groups excluding tert-OH is 1. The number of nitrogens with zero attached hydrogens (tertiary/aromatic N) is 2. The summed E-state index contributed by atoms with van der Waals surface area (Å²) in [6.07, 6.45) is 0.423. The molecule has 5 nitrogen and oxygen atoms in total. The van der Waals surface area contributed by atoms with Gasteiger partial charge in [-0.15, -0.1) is 0 Å². The summed E-state index contributed by atoms with van der Waals surface area (Å²) in [5.41, 5.74) is 1.56. The first kappa shape index (κ1) is 15.0. The molecule has 0 aliphatic carbocycles. The fraction of sp³-hybridized carbons (Fsp3) is 0.308. The molecule has 0 aliphatic heterocycles. The molecule has 108 valence electrons. The van der Waals surface area contributed by atoms with Crippen LogP contribution in [0.1, 0.15) is 11.3 Å². The van der Waals surface area contributed by atoms with E-state index in [1.54, 1.807) is 11.7 Å². The van der Waals surface area contributed by atoms with Crippen molar-refractivity contribution in [2.75, 3.05) is 6.61 Å². The summed E-state index contributed by atoms with van der Waals surface area (Å²) in [4.78, 5) is 0. The van der Waals surface area contributed by atoms with Gasteiger partial charge < -0.3 is 14.9 Å². The van der Waals surface area contributed by atoms with Gasteiger partial charge in [-0.1, -0.05) is 23.2 Å². The van der Waals surface area contributed by atoms with Gasteiger partial charge in [0.25, 0.3) is 0 Å². The third kappa shape index (κ3) is 2.85. The van der Waals surface area contributed by atoms with Crippen LogP contribution in [0.4, 0.5) is 0 Å². The number of aromatic hydroxyl groups is 1. The van der Waals surface area contributed by atoms with Crippen LogP contribution < -0.4 is 4.74 Å². The highest BCUT2D eigenvalue weighted by Gasteiger charge is 2.17. The zero-order valence-corrected chi connectivity index (χ0v) is 12.5. The Morgan fingerprint density at radius 2 is 2.00 bits per heavy atom. The zero-order valence-electron chi connectivity index (χ0n) is 11.0. The maximum Gasteiger partial charge on any atom is 0.221 e. The number of halogens is 2. The van der Waals surface area contributed by atoms with E-state index in [0.29, 0.717) is 12.3 Å². The molecule has 0 saturated heterocycles. The second kappa shape index (κ2) is 5.91. The standard InChI is InChI=1S/C13H14Cl2N2O3/c1-7-8(3-4-18)13(17(2)16-7)20-12-6-11(19)9(14)5-10(12)15/h5-6,18-19H,3-4H2,1-2H3. The molecule has 0 spiro atoms. The van der Waals surface area contributed by atoms with Crippen LogP contribution in [0.25, 0.3) is 0 Å². The summed E-state index contributed by atoms with van der Waals surface area (Å²) in [7, 11) is 1.73. The number of phenolic OH excluding ortho intramolecular Hbond substituents is 1. The highest BCUT2D eigenvalue weighted by molar-refractivity contribution is 6.36. The van der Waals surface area contributed by atoms with Gasteiger partial charge in [-0.2, -0.15) is 5.10 Å². The molecule has 0 aliphatic rings. The second-order valence-electron chi connectivity index (χ2n) is 4.30. The minimum absolute atomic E-state index is 0.0114. The summed E-state index contributed by atoms with van der Waals surface area (Å²) in [5, 5.41) is 23.4. The van der Waals surface area contributed by atoms with Gasteiger partial charge in [0.2, 0.25) is 5.88 Å². The Hall–Kier alpha value is -1.43. The first-order chi connectivity index (χ1) is 9.43. The molecule has 0 unspecified atom stereocenters. The van der Waals surface area contributed by atoms with Gasteiger partial charge >= 0.3 is 0 Å². The predicted molar refractivity (Wildman–Crippen MR) is 76.9 cm³/mol. The van der Waals surface area contributed by atoms with Crippen LogP contribution in [0.5, 0.6) is 17.4 Å². The number of rotatable bonds is 4. The summed E-state index contributed by atoms with van der Waals surface area (Å²) >= 11 is 11.8. The number of aryl methyl sites for hydroxylation is 2. The second-order valence-corrected chi connectivity index (χ2v) is 5.12. The first-order valence-electron chi connectivity index (χ1n) is 5.93. The van der Waals surface area contributed by atoms with Crippen molar-refractivity contribution in [2.24, 2.45) is 7.05 Å². The summed E-state index contributed by atoms with van der Waals surface area (Å²) in [6.45, 7) is 1.82. The molecule has 0 saturated carbocycles. The minimum Gasteiger partial charge on any atom is -0.506 e. The smallest absolute Gasteiger partial charge is 0.221 e. The van der Waals surface area contributed by atoms with Crippen LogP contribution in [0.3, 0.4) is 0 Å². The number of aliphatic hydroxyl groups is 1. The highest BCUT2D eigenvalue weighted by Crippen LogP contribution is 2.38. The van der Waals surface area contributed by atoms with Crippen molar-refractivity contribution >= 4 is 23.2 Å². The van der Waals surface area contributed by atoms with Gasteiger partial charge in [0.1, 0.15) is 5.75 Å². The van der Waals surface area contributed by atoms with Crippen LogP contribution in [0, 0.1) is 6.92 Å².